The van der Waals surface area contributed by atoms with Crippen molar-refractivity contribution >= 4 is 22.4 Å². The lowest BCUT2D eigenvalue weighted by atomic mass is 9.86. The predicted molar refractivity (Wildman–Crippen MR) is 151 cm³/mol. The monoisotopic (exact) mass is 588 g/mol. The van der Waals surface area contributed by atoms with E-state index in [-0.39, 0.29) is 5.43 Å². The number of hydrogen-bond acceptors (Lipinski definition) is 12. The van der Waals surface area contributed by atoms with E-state index in [1.54, 1.807) is 19.2 Å². The second kappa shape index (κ2) is 12.3. The highest BCUT2D eigenvalue weighted by Crippen LogP contribution is 2.44. The maximum absolute atomic E-state index is 13.1. The van der Waals surface area contributed by atoms with Crippen LogP contribution in [-0.4, -0.2) is 101 Å². The fourth-order valence-electron chi connectivity index (χ4n) is 5.53. The second-order valence-corrected chi connectivity index (χ2v) is 11.2. The van der Waals surface area contributed by atoms with Crippen molar-refractivity contribution in [1.82, 2.24) is 5.32 Å². The van der Waals surface area contributed by atoms with Crippen molar-refractivity contribution < 1.29 is 49.4 Å². The van der Waals surface area contributed by atoms with Crippen LogP contribution in [0.25, 0.3) is 11.0 Å². The Labute approximate surface area is 241 Å². The Morgan fingerprint density at radius 3 is 2.69 bits per heavy atom. The Bertz CT molecular complexity index is 1470. The third kappa shape index (κ3) is 5.80. The molecule has 228 valence electrons. The van der Waals surface area contributed by atoms with Gasteiger partial charge in [-0.05, 0) is 39.6 Å². The number of benzene rings is 1. The van der Waals surface area contributed by atoms with Crippen LogP contribution in [0.5, 0.6) is 5.75 Å². The van der Waals surface area contributed by atoms with Crippen LogP contribution in [0.4, 0.5) is 5.69 Å². The number of fused-ring (bicyclic) bond motifs is 3. The van der Waals surface area contributed by atoms with Gasteiger partial charge in [-0.15, -0.1) is 0 Å². The molecule has 7 N–H and O–H groups in total. The number of aryl methyl sites for hydroxylation is 1. The fourth-order valence-corrected chi connectivity index (χ4v) is 5.53. The average Bonchev–Trinajstić information content (AvgIpc) is 3.57. The summed E-state index contributed by atoms with van der Waals surface area (Å²) in [6, 6.07) is 3.20. The Balaban J connectivity index is 1.47. The van der Waals surface area contributed by atoms with Gasteiger partial charge < -0.3 is 40.0 Å². The standard InChI is InChI=1S/C29H37N3O10/c1-15-8-20(34)18-9-17-10-23(42-39-14-22(36)26(38)25(37)21(35)13-33)29(2,5-7-30-3)41-27(17)24(28(18)40-15)32-11-16-4-6-31-19(16)12-32/h4,6,8-9,11,21-23,25-26,30,33,35-38H,5,7,10,12-14H2,1-3H3/p+1. The van der Waals surface area contributed by atoms with E-state index in [1.165, 1.54) is 6.07 Å². The number of aliphatic hydroxyl groups excluding tert-OH is 5. The van der Waals surface area contributed by atoms with Crippen molar-refractivity contribution in [2.45, 2.75) is 62.8 Å². The van der Waals surface area contributed by atoms with E-state index in [4.69, 9.17) is 24.0 Å². The SMILES string of the molecule is CNCCC1(C)Oc2c(cc3c(=O)cc(C)oc3c2[NH+]2C=C3C=CN=C3C2)CC1OOCC(O)C(O)C(O)C(O)CO. The molecule has 0 saturated heterocycles. The summed E-state index contributed by atoms with van der Waals surface area (Å²) < 4.78 is 12.9. The van der Waals surface area contributed by atoms with Gasteiger partial charge in [0.05, 0.1) is 17.6 Å². The second-order valence-electron chi connectivity index (χ2n) is 11.2. The first kappa shape index (κ1) is 30.5. The van der Waals surface area contributed by atoms with Gasteiger partial charge in [0, 0.05) is 30.7 Å². The van der Waals surface area contributed by atoms with Crippen LogP contribution < -0.4 is 20.4 Å². The van der Waals surface area contributed by atoms with Gasteiger partial charge in [0.25, 0.3) is 0 Å². The lowest BCUT2D eigenvalue weighted by Crippen LogP contribution is -3.01. The van der Waals surface area contributed by atoms with Crippen molar-refractivity contribution in [3.63, 3.8) is 0 Å². The molecule has 0 amide bonds. The summed E-state index contributed by atoms with van der Waals surface area (Å²) >= 11 is 0. The molecule has 3 aliphatic rings. The van der Waals surface area contributed by atoms with Gasteiger partial charge in [0.1, 0.15) is 66.9 Å². The summed E-state index contributed by atoms with van der Waals surface area (Å²) in [6.45, 7) is 3.43. The molecule has 0 radical (unpaired) electrons. The minimum absolute atomic E-state index is 0.181. The number of quaternary nitrogens is 1. The summed E-state index contributed by atoms with van der Waals surface area (Å²) in [5.41, 5.74) is 2.69. The first-order chi connectivity index (χ1) is 20.1. The number of allylic oxidation sites excluding steroid dienone is 1. The summed E-state index contributed by atoms with van der Waals surface area (Å²) in [5, 5.41) is 52.4. The van der Waals surface area contributed by atoms with Crippen LogP contribution in [0.15, 0.2) is 50.4 Å². The molecule has 13 nitrogen and oxygen atoms in total. The van der Waals surface area contributed by atoms with Crippen LogP contribution in [0.3, 0.4) is 0 Å². The molecule has 7 unspecified atom stereocenters. The molecule has 0 aliphatic carbocycles. The van der Waals surface area contributed by atoms with Crippen molar-refractivity contribution in [2.75, 3.05) is 33.4 Å². The Morgan fingerprint density at radius 2 is 1.98 bits per heavy atom. The third-order valence-corrected chi connectivity index (χ3v) is 8.04. The highest BCUT2D eigenvalue weighted by Gasteiger charge is 2.46. The minimum Gasteiger partial charge on any atom is -0.478 e. The van der Waals surface area contributed by atoms with Gasteiger partial charge in [-0.2, -0.15) is 0 Å². The number of rotatable bonds is 12. The number of nitrogens with zero attached hydrogens (tertiary/aromatic N) is 1. The van der Waals surface area contributed by atoms with Crippen LogP contribution in [0.2, 0.25) is 0 Å². The van der Waals surface area contributed by atoms with E-state index in [2.05, 4.69) is 10.3 Å². The number of ether oxygens (including phenoxy) is 1. The molecule has 1 aromatic heterocycles. The Kier molecular flexibility index (Phi) is 8.94. The van der Waals surface area contributed by atoms with Gasteiger partial charge in [-0.3, -0.25) is 14.7 Å². The highest BCUT2D eigenvalue weighted by molar-refractivity contribution is 6.07. The van der Waals surface area contributed by atoms with E-state index >= 15 is 0 Å². The molecule has 7 atom stereocenters. The van der Waals surface area contributed by atoms with E-state index < -0.39 is 49.3 Å². The number of nitrogens with one attached hydrogen (secondary N) is 2. The maximum Gasteiger partial charge on any atom is 0.222 e. The largest absolute Gasteiger partial charge is 0.478 e. The molecule has 0 saturated carbocycles. The van der Waals surface area contributed by atoms with Gasteiger partial charge in [0.2, 0.25) is 11.3 Å². The minimum atomic E-state index is -1.79. The summed E-state index contributed by atoms with van der Waals surface area (Å²) in [4.78, 5) is 29.6. The first-order valence-electron chi connectivity index (χ1n) is 13.9. The normalized spacial score (nSPS) is 25.8. The molecule has 5 rings (SSSR count). The van der Waals surface area contributed by atoms with Crippen molar-refractivity contribution in [2.24, 2.45) is 4.99 Å². The summed E-state index contributed by atoms with van der Waals surface area (Å²) in [7, 11) is 1.82. The molecule has 13 heteroatoms. The maximum atomic E-state index is 13.1. The topological polar surface area (TPSA) is 188 Å². The molecule has 2 aromatic rings. The van der Waals surface area contributed by atoms with E-state index in [0.717, 1.165) is 16.2 Å². The molecule has 4 heterocycles. The van der Waals surface area contributed by atoms with Crippen molar-refractivity contribution in [1.29, 1.82) is 0 Å². The molecule has 0 spiro atoms. The van der Waals surface area contributed by atoms with Crippen LogP contribution in [0, 0.1) is 6.92 Å². The van der Waals surface area contributed by atoms with E-state index in [0.29, 0.717) is 59.7 Å². The van der Waals surface area contributed by atoms with Crippen LogP contribution in [0.1, 0.15) is 24.7 Å². The summed E-state index contributed by atoms with van der Waals surface area (Å²) in [6.07, 6.45) is -0.988. The highest BCUT2D eigenvalue weighted by atomic mass is 17.2. The lowest BCUT2D eigenvalue weighted by molar-refractivity contribution is -0.759. The number of aliphatic imine (C=N–C) groups is 1. The van der Waals surface area contributed by atoms with Gasteiger partial charge in [-0.1, -0.05) is 0 Å². The van der Waals surface area contributed by atoms with E-state index in [1.807, 2.05) is 26.2 Å². The van der Waals surface area contributed by atoms with Crippen LogP contribution >= 0.6 is 0 Å². The fraction of sp³-hybridized carbons (Fsp3) is 0.517. The predicted octanol–water partition coefficient (Wildman–Crippen LogP) is -1.46. The average molecular weight is 589 g/mol. The Hall–Kier alpha value is -2.98. The zero-order valence-corrected chi connectivity index (χ0v) is 23.7. The molecular weight excluding hydrogens is 550 g/mol. The zero-order chi connectivity index (χ0) is 30.2. The van der Waals surface area contributed by atoms with E-state index in [9.17, 15) is 25.2 Å². The van der Waals surface area contributed by atoms with Gasteiger partial charge in [-0.25, -0.2) is 9.78 Å². The van der Waals surface area contributed by atoms with Gasteiger partial charge >= 0.3 is 0 Å². The zero-order valence-electron chi connectivity index (χ0n) is 23.7. The van der Waals surface area contributed by atoms with Gasteiger partial charge in [0.15, 0.2) is 11.2 Å². The summed E-state index contributed by atoms with van der Waals surface area (Å²) in [5.74, 6) is 1.07. The third-order valence-electron chi connectivity index (χ3n) is 8.04. The smallest absolute Gasteiger partial charge is 0.222 e. The number of hydrogen-bond donors (Lipinski definition) is 7. The lowest BCUT2D eigenvalue weighted by Gasteiger charge is -2.42. The molecule has 0 bridgehead atoms. The number of aliphatic hydroxyl groups is 5. The first-order valence-corrected chi connectivity index (χ1v) is 13.9. The Morgan fingerprint density at radius 1 is 1.21 bits per heavy atom. The van der Waals surface area contributed by atoms with Crippen molar-refractivity contribution in [3.05, 3.63) is 57.7 Å². The molecule has 3 aliphatic heterocycles. The quantitative estimate of drug-likeness (QED) is 0.113. The molecule has 42 heavy (non-hydrogen) atoms. The molecular formula is C29H38N3O10+. The molecule has 1 aromatic carbocycles. The van der Waals surface area contributed by atoms with Crippen molar-refractivity contribution in [3.8, 4) is 5.75 Å². The van der Waals surface area contributed by atoms with Crippen LogP contribution in [-0.2, 0) is 16.2 Å². The molecule has 0 fully saturated rings.